The lowest BCUT2D eigenvalue weighted by Crippen LogP contribution is -2.52. The Hall–Kier alpha value is -1.55. The molecule has 7 nitrogen and oxygen atoms in total. The van der Waals surface area contributed by atoms with Crippen molar-refractivity contribution in [3.63, 3.8) is 0 Å². The van der Waals surface area contributed by atoms with Gasteiger partial charge >= 0.3 is 0 Å². The molecular weight excluding hydrogens is 359 g/mol. The van der Waals surface area contributed by atoms with Gasteiger partial charge < -0.3 is 4.90 Å². The number of likely N-dealkylation sites (N-methyl/N-ethyl adjacent to an activating group) is 1. The van der Waals surface area contributed by atoms with Gasteiger partial charge in [-0.25, -0.2) is 9.11 Å². The Morgan fingerprint density at radius 1 is 1.38 bits per heavy atom. The summed E-state index contributed by atoms with van der Waals surface area (Å²) in [5, 5.41) is 0. The van der Waals surface area contributed by atoms with Gasteiger partial charge in [0.25, 0.3) is 10.2 Å². The highest BCUT2D eigenvalue weighted by atomic mass is 32.2. The van der Waals surface area contributed by atoms with Gasteiger partial charge in [0.2, 0.25) is 5.91 Å². The van der Waals surface area contributed by atoms with Crippen molar-refractivity contribution in [2.75, 3.05) is 27.2 Å². The SMILES string of the molecule is CNS(=O)(=O)NC1CCN([C@@H](C)C(=O)N(C)Cc2cccc(F)c2)CC1. The molecule has 9 heteroatoms. The first kappa shape index (κ1) is 20.8. The number of nitrogens with one attached hydrogen (secondary N) is 2. The third-order valence-corrected chi connectivity index (χ3v) is 5.89. The summed E-state index contributed by atoms with van der Waals surface area (Å²) in [6, 6.07) is 5.78. The normalized spacial score (nSPS) is 17.8. The van der Waals surface area contributed by atoms with E-state index in [1.165, 1.54) is 19.2 Å². The second kappa shape index (κ2) is 8.90. The fourth-order valence-electron chi connectivity index (χ4n) is 3.15. The molecule has 1 amide bonds. The highest BCUT2D eigenvalue weighted by Gasteiger charge is 2.29. The summed E-state index contributed by atoms with van der Waals surface area (Å²) in [5.41, 5.74) is 0.744. The Morgan fingerprint density at radius 2 is 2.04 bits per heavy atom. The second-order valence-electron chi connectivity index (χ2n) is 6.64. The Kier molecular flexibility index (Phi) is 7.10. The fourth-order valence-corrected chi connectivity index (χ4v) is 3.94. The maximum Gasteiger partial charge on any atom is 0.276 e. The number of carbonyl (C=O) groups excluding carboxylic acids is 1. The molecule has 1 atom stereocenters. The maximum absolute atomic E-state index is 13.3. The first-order chi connectivity index (χ1) is 12.2. The Morgan fingerprint density at radius 3 is 2.62 bits per heavy atom. The lowest BCUT2D eigenvalue weighted by Gasteiger charge is -2.36. The number of amides is 1. The molecule has 0 aliphatic carbocycles. The zero-order valence-corrected chi connectivity index (χ0v) is 16.2. The van der Waals surface area contributed by atoms with E-state index in [4.69, 9.17) is 0 Å². The van der Waals surface area contributed by atoms with Crippen molar-refractivity contribution in [1.82, 2.24) is 19.2 Å². The molecule has 26 heavy (non-hydrogen) atoms. The van der Waals surface area contributed by atoms with Crippen LogP contribution in [0.4, 0.5) is 4.39 Å². The predicted molar refractivity (Wildman–Crippen MR) is 98.0 cm³/mol. The van der Waals surface area contributed by atoms with Gasteiger partial charge in [-0.3, -0.25) is 9.69 Å². The molecule has 2 N–H and O–H groups in total. The second-order valence-corrected chi connectivity index (χ2v) is 8.29. The zero-order chi connectivity index (χ0) is 19.3. The van der Waals surface area contributed by atoms with Crippen molar-refractivity contribution in [2.45, 2.75) is 38.4 Å². The minimum absolute atomic E-state index is 0.0384. The average molecular weight is 386 g/mol. The van der Waals surface area contributed by atoms with Gasteiger partial charge in [-0.15, -0.1) is 0 Å². The summed E-state index contributed by atoms with van der Waals surface area (Å²) in [4.78, 5) is 16.3. The number of nitrogens with zero attached hydrogens (tertiary/aromatic N) is 2. The van der Waals surface area contributed by atoms with E-state index in [0.29, 0.717) is 32.5 Å². The van der Waals surface area contributed by atoms with Crippen LogP contribution in [-0.2, 0) is 21.5 Å². The van der Waals surface area contributed by atoms with Gasteiger partial charge in [0.15, 0.2) is 0 Å². The molecule has 2 rings (SSSR count). The van der Waals surface area contributed by atoms with Crippen LogP contribution >= 0.6 is 0 Å². The van der Waals surface area contributed by atoms with Gasteiger partial charge in [0.05, 0.1) is 6.04 Å². The van der Waals surface area contributed by atoms with Crippen LogP contribution in [0.2, 0.25) is 0 Å². The van der Waals surface area contributed by atoms with E-state index in [9.17, 15) is 17.6 Å². The van der Waals surface area contributed by atoms with Crippen LogP contribution in [0.15, 0.2) is 24.3 Å². The highest BCUT2D eigenvalue weighted by molar-refractivity contribution is 7.87. The Labute approximate surface area is 154 Å². The zero-order valence-electron chi connectivity index (χ0n) is 15.4. The van der Waals surface area contributed by atoms with E-state index in [1.807, 2.05) is 6.92 Å². The van der Waals surface area contributed by atoms with Crippen LogP contribution in [0, 0.1) is 5.82 Å². The average Bonchev–Trinajstić information content (AvgIpc) is 2.61. The third kappa shape index (κ3) is 5.73. The van der Waals surface area contributed by atoms with Crippen LogP contribution in [-0.4, -0.2) is 63.4 Å². The number of carbonyl (C=O) groups is 1. The summed E-state index contributed by atoms with van der Waals surface area (Å²) < 4.78 is 41.2. The van der Waals surface area contributed by atoms with Crippen molar-refractivity contribution in [2.24, 2.45) is 0 Å². The molecule has 0 bridgehead atoms. The van der Waals surface area contributed by atoms with Gasteiger partial charge in [0, 0.05) is 39.8 Å². The van der Waals surface area contributed by atoms with Gasteiger partial charge in [-0.1, -0.05) is 12.1 Å². The summed E-state index contributed by atoms with van der Waals surface area (Å²) in [6.07, 6.45) is 1.29. The molecule has 1 aliphatic heterocycles. The molecule has 146 valence electrons. The summed E-state index contributed by atoms with van der Waals surface area (Å²) in [5.74, 6) is -0.356. The predicted octanol–water partition coefficient (Wildman–Crippen LogP) is 0.691. The molecule has 0 saturated carbocycles. The quantitative estimate of drug-likeness (QED) is 0.723. The van der Waals surface area contributed by atoms with Gasteiger partial charge in [-0.2, -0.15) is 13.1 Å². The van der Waals surface area contributed by atoms with E-state index >= 15 is 0 Å². The molecule has 0 radical (unpaired) electrons. The van der Waals surface area contributed by atoms with Crippen molar-refractivity contribution in [3.8, 4) is 0 Å². The van der Waals surface area contributed by atoms with Crippen LogP contribution < -0.4 is 9.44 Å². The molecule has 0 unspecified atom stereocenters. The van der Waals surface area contributed by atoms with E-state index in [-0.39, 0.29) is 23.8 Å². The summed E-state index contributed by atoms with van der Waals surface area (Å²) in [7, 11) is -0.375. The van der Waals surface area contributed by atoms with Crippen molar-refractivity contribution >= 4 is 16.1 Å². The molecule has 0 spiro atoms. The number of rotatable bonds is 7. The maximum atomic E-state index is 13.3. The number of benzene rings is 1. The van der Waals surface area contributed by atoms with Gasteiger partial charge in [-0.05, 0) is 37.5 Å². The number of hydrogen-bond donors (Lipinski definition) is 2. The minimum Gasteiger partial charge on any atom is -0.340 e. The van der Waals surface area contributed by atoms with E-state index in [2.05, 4.69) is 14.3 Å². The Bertz CT molecular complexity index is 720. The van der Waals surface area contributed by atoms with Crippen molar-refractivity contribution < 1.29 is 17.6 Å². The largest absolute Gasteiger partial charge is 0.340 e. The Balaban J connectivity index is 1.87. The van der Waals surface area contributed by atoms with Crippen molar-refractivity contribution in [3.05, 3.63) is 35.6 Å². The summed E-state index contributed by atoms with van der Waals surface area (Å²) >= 11 is 0. The highest BCUT2D eigenvalue weighted by Crippen LogP contribution is 2.16. The lowest BCUT2D eigenvalue weighted by atomic mass is 10.0. The number of halogens is 1. The standard InChI is InChI=1S/C17H27FN4O3S/c1-13(17(23)21(3)12-14-5-4-6-15(18)11-14)22-9-7-16(8-10-22)20-26(24,25)19-2/h4-6,11,13,16,19-20H,7-10,12H2,1-3H3/t13-/m0/s1. The lowest BCUT2D eigenvalue weighted by molar-refractivity contribution is -0.136. The third-order valence-electron chi connectivity index (χ3n) is 4.71. The number of hydrogen-bond acceptors (Lipinski definition) is 4. The molecule has 1 aromatic carbocycles. The molecular formula is C17H27FN4O3S. The monoisotopic (exact) mass is 386 g/mol. The van der Waals surface area contributed by atoms with E-state index in [0.717, 1.165) is 5.56 Å². The molecule has 1 aromatic rings. The molecule has 0 aromatic heterocycles. The molecule has 1 saturated heterocycles. The smallest absolute Gasteiger partial charge is 0.276 e. The molecule has 1 heterocycles. The number of likely N-dealkylation sites (tertiary alicyclic amines) is 1. The minimum atomic E-state index is -3.45. The van der Waals surface area contributed by atoms with Crippen LogP contribution in [0.25, 0.3) is 0 Å². The van der Waals surface area contributed by atoms with E-state index < -0.39 is 10.2 Å². The van der Waals surface area contributed by atoms with Gasteiger partial charge in [0.1, 0.15) is 5.82 Å². The summed E-state index contributed by atoms with van der Waals surface area (Å²) in [6.45, 7) is 3.47. The topological polar surface area (TPSA) is 81.8 Å². The van der Waals surface area contributed by atoms with Crippen LogP contribution in [0.5, 0.6) is 0 Å². The first-order valence-corrected chi connectivity index (χ1v) is 10.1. The fraction of sp³-hybridized carbons (Fsp3) is 0.588. The van der Waals surface area contributed by atoms with Crippen LogP contribution in [0.3, 0.4) is 0 Å². The molecule has 1 fully saturated rings. The van der Waals surface area contributed by atoms with E-state index in [1.54, 1.807) is 24.1 Å². The first-order valence-electron chi connectivity index (χ1n) is 8.66. The van der Waals surface area contributed by atoms with Crippen molar-refractivity contribution in [1.29, 1.82) is 0 Å². The molecule has 1 aliphatic rings. The number of piperidine rings is 1. The van der Waals surface area contributed by atoms with Crippen LogP contribution in [0.1, 0.15) is 25.3 Å².